The molecule has 0 saturated heterocycles. The molecule has 5 nitrogen and oxygen atoms in total. The van der Waals surface area contributed by atoms with E-state index in [1.54, 1.807) is 0 Å². The van der Waals surface area contributed by atoms with E-state index >= 15 is 0 Å². The SMILES string of the molecule is O=c1[nH]cc([N+](=O)[O-])cc1C#CCS. The van der Waals surface area contributed by atoms with E-state index in [0.717, 1.165) is 12.3 Å². The smallest absolute Gasteiger partial charge is 0.286 e. The van der Waals surface area contributed by atoms with Crippen molar-refractivity contribution in [1.29, 1.82) is 0 Å². The summed E-state index contributed by atoms with van der Waals surface area (Å²) in [6.07, 6.45) is 1.04. The Kier molecular flexibility index (Phi) is 3.31. The second-order valence-corrected chi connectivity index (χ2v) is 2.63. The van der Waals surface area contributed by atoms with E-state index in [1.807, 2.05) is 0 Å². The number of pyridine rings is 1. The summed E-state index contributed by atoms with van der Waals surface area (Å²) < 4.78 is 0. The van der Waals surface area contributed by atoms with Crippen molar-refractivity contribution in [2.75, 3.05) is 5.75 Å². The minimum absolute atomic E-state index is 0.0771. The quantitative estimate of drug-likeness (QED) is 0.308. The van der Waals surface area contributed by atoms with Crippen LogP contribution in [0.2, 0.25) is 0 Å². The Bertz CT molecular complexity index is 469. The van der Waals surface area contributed by atoms with Crippen LogP contribution < -0.4 is 5.56 Å². The molecule has 1 heterocycles. The third-order valence-electron chi connectivity index (χ3n) is 1.40. The highest BCUT2D eigenvalue weighted by molar-refractivity contribution is 7.80. The molecule has 1 rings (SSSR count). The van der Waals surface area contributed by atoms with Crippen molar-refractivity contribution in [3.05, 3.63) is 38.3 Å². The van der Waals surface area contributed by atoms with Crippen LogP contribution in [0.1, 0.15) is 5.56 Å². The minimum Gasteiger partial charge on any atom is -0.322 e. The van der Waals surface area contributed by atoms with Crippen molar-refractivity contribution in [3.8, 4) is 11.8 Å². The first-order valence-electron chi connectivity index (χ1n) is 3.62. The van der Waals surface area contributed by atoms with Gasteiger partial charge in [-0.1, -0.05) is 11.8 Å². The molecule has 6 heteroatoms. The lowest BCUT2D eigenvalue weighted by molar-refractivity contribution is -0.385. The zero-order chi connectivity index (χ0) is 10.6. The molecule has 0 atom stereocenters. The van der Waals surface area contributed by atoms with E-state index < -0.39 is 10.5 Å². The maximum atomic E-state index is 11.1. The summed E-state index contributed by atoms with van der Waals surface area (Å²) in [7, 11) is 0. The first kappa shape index (κ1) is 10.3. The molecule has 0 saturated carbocycles. The molecular weight excluding hydrogens is 204 g/mol. The molecule has 0 fully saturated rings. The average Bonchev–Trinajstić information content (AvgIpc) is 2.16. The monoisotopic (exact) mass is 210 g/mol. The maximum absolute atomic E-state index is 11.1. The van der Waals surface area contributed by atoms with Gasteiger partial charge in [-0.15, -0.1) is 0 Å². The molecule has 72 valence electrons. The lowest BCUT2D eigenvalue weighted by Crippen LogP contribution is -2.09. The van der Waals surface area contributed by atoms with E-state index in [0.29, 0.717) is 5.75 Å². The van der Waals surface area contributed by atoms with E-state index in [9.17, 15) is 14.9 Å². The fraction of sp³-hybridized carbons (Fsp3) is 0.125. The molecule has 0 bridgehead atoms. The topological polar surface area (TPSA) is 76.0 Å². The molecular formula is C8H6N2O3S. The van der Waals surface area contributed by atoms with Gasteiger partial charge in [0.2, 0.25) is 0 Å². The molecule has 0 unspecified atom stereocenters. The van der Waals surface area contributed by atoms with E-state index in [2.05, 4.69) is 29.5 Å². The van der Waals surface area contributed by atoms with Gasteiger partial charge in [0.1, 0.15) is 0 Å². The number of thiol groups is 1. The molecule has 0 spiro atoms. The molecule has 14 heavy (non-hydrogen) atoms. The van der Waals surface area contributed by atoms with Gasteiger partial charge in [0.05, 0.1) is 22.4 Å². The fourth-order valence-corrected chi connectivity index (χ4v) is 0.884. The first-order valence-corrected chi connectivity index (χ1v) is 4.25. The molecule has 1 aromatic heterocycles. The summed E-state index contributed by atoms with van der Waals surface area (Å²) in [5, 5.41) is 10.4. The number of nitro groups is 1. The summed E-state index contributed by atoms with van der Waals surface area (Å²) in [6.45, 7) is 0. The predicted molar refractivity (Wildman–Crippen MR) is 54.4 cm³/mol. The van der Waals surface area contributed by atoms with Crippen molar-refractivity contribution < 1.29 is 4.92 Å². The van der Waals surface area contributed by atoms with Crippen molar-refractivity contribution in [2.24, 2.45) is 0 Å². The van der Waals surface area contributed by atoms with Crippen LogP contribution in [-0.4, -0.2) is 15.7 Å². The standard InChI is InChI=1S/C8H6N2O3S/c11-8-6(2-1-3-14)4-7(5-9-8)10(12)13/h4-5,14H,3H2,(H,9,11). The van der Waals surface area contributed by atoms with Crippen LogP contribution >= 0.6 is 12.6 Å². The molecule has 0 aromatic carbocycles. The number of hydrogen-bond acceptors (Lipinski definition) is 4. The zero-order valence-electron chi connectivity index (χ0n) is 6.98. The minimum atomic E-state index is -0.595. The van der Waals surface area contributed by atoms with Crippen LogP contribution in [0.25, 0.3) is 0 Å². The van der Waals surface area contributed by atoms with Crippen LogP contribution in [0.3, 0.4) is 0 Å². The van der Waals surface area contributed by atoms with Gasteiger partial charge in [-0.25, -0.2) is 0 Å². The Morgan fingerprint density at radius 2 is 2.36 bits per heavy atom. The third kappa shape index (κ3) is 2.37. The first-order chi connectivity index (χ1) is 6.65. The summed E-state index contributed by atoms with van der Waals surface area (Å²) in [5.41, 5.74) is -0.550. The van der Waals surface area contributed by atoms with Crippen LogP contribution in [-0.2, 0) is 0 Å². The zero-order valence-corrected chi connectivity index (χ0v) is 7.88. The summed E-state index contributed by atoms with van der Waals surface area (Å²) >= 11 is 3.83. The summed E-state index contributed by atoms with van der Waals surface area (Å²) in [5.74, 6) is 5.32. The van der Waals surface area contributed by atoms with E-state index in [4.69, 9.17) is 0 Å². The molecule has 0 aliphatic carbocycles. The highest BCUT2D eigenvalue weighted by Gasteiger charge is 2.07. The number of aromatic nitrogens is 1. The van der Waals surface area contributed by atoms with Crippen molar-refractivity contribution >= 4 is 18.3 Å². The van der Waals surface area contributed by atoms with Gasteiger partial charge in [0, 0.05) is 6.07 Å². The number of rotatable bonds is 1. The Morgan fingerprint density at radius 1 is 1.64 bits per heavy atom. The van der Waals surface area contributed by atoms with Crippen LogP contribution in [0.4, 0.5) is 5.69 Å². The molecule has 0 radical (unpaired) electrons. The van der Waals surface area contributed by atoms with Gasteiger partial charge in [0.15, 0.2) is 0 Å². The highest BCUT2D eigenvalue weighted by atomic mass is 32.1. The summed E-state index contributed by atoms with van der Waals surface area (Å²) in [6, 6.07) is 1.13. The number of nitrogens with one attached hydrogen (secondary N) is 1. The second-order valence-electron chi connectivity index (χ2n) is 2.32. The number of aromatic amines is 1. The number of H-pyrrole nitrogens is 1. The fourth-order valence-electron chi connectivity index (χ4n) is 0.805. The Labute approximate surface area is 84.7 Å². The average molecular weight is 210 g/mol. The van der Waals surface area contributed by atoms with Crippen LogP contribution in [0.5, 0.6) is 0 Å². The number of hydrogen-bond donors (Lipinski definition) is 2. The molecule has 0 aliphatic rings. The Morgan fingerprint density at radius 3 is 2.93 bits per heavy atom. The van der Waals surface area contributed by atoms with Crippen molar-refractivity contribution in [1.82, 2.24) is 4.98 Å². The third-order valence-corrected chi connectivity index (χ3v) is 1.56. The normalized spacial score (nSPS) is 8.93. The van der Waals surface area contributed by atoms with Crippen molar-refractivity contribution in [3.63, 3.8) is 0 Å². The lowest BCUT2D eigenvalue weighted by atomic mass is 10.2. The second kappa shape index (κ2) is 4.48. The predicted octanol–water partition coefficient (Wildman–Crippen LogP) is 0.564. The van der Waals surface area contributed by atoms with Gasteiger partial charge >= 0.3 is 0 Å². The maximum Gasteiger partial charge on any atom is 0.286 e. The number of nitrogens with zero attached hydrogens (tertiary/aromatic N) is 1. The molecule has 1 aromatic rings. The summed E-state index contributed by atoms with van der Waals surface area (Å²) in [4.78, 5) is 23.1. The highest BCUT2D eigenvalue weighted by Crippen LogP contribution is 2.06. The van der Waals surface area contributed by atoms with Gasteiger partial charge in [-0.05, 0) is 0 Å². The van der Waals surface area contributed by atoms with E-state index in [-0.39, 0.29) is 11.3 Å². The Hall–Kier alpha value is -1.74. The van der Waals surface area contributed by atoms with Crippen LogP contribution in [0.15, 0.2) is 17.1 Å². The van der Waals surface area contributed by atoms with Gasteiger partial charge in [0.25, 0.3) is 11.2 Å². The van der Waals surface area contributed by atoms with Gasteiger partial charge in [-0.3, -0.25) is 14.9 Å². The van der Waals surface area contributed by atoms with Gasteiger partial charge in [-0.2, -0.15) is 12.6 Å². The lowest BCUT2D eigenvalue weighted by Gasteiger charge is -1.91. The largest absolute Gasteiger partial charge is 0.322 e. The Balaban J connectivity index is 3.22. The van der Waals surface area contributed by atoms with Crippen LogP contribution in [0, 0.1) is 22.0 Å². The van der Waals surface area contributed by atoms with E-state index in [1.165, 1.54) is 0 Å². The molecule has 0 aliphatic heterocycles. The molecule has 0 amide bonds. The molecule has 1 N–H and O–H groups in total. The van der Waals surface area contributed by atoms with Gasteiger partial charge < -0.3 is 4.98 Å². The van der Waals surface area contributed by atoms with Crippen molar-refractivity contribution in [2.45, 2.75) is 0 Å².